The Morgan fingerprint density at radius 3 is 2.33 bits per heavy atom. The Labute approximate surface area is 163 Å². The minimum atomic E-state index is -2.98. The predicted molar refractivity (Wildman–Crippen MR) is 112 cm³/mol. The summed E-state index contributed by atoms with van der Waals surface area (Å²) in [5.41, 5.74) is 1.21. The predicted octanol–water partition coefficient (Wildman–Crippen LogP) is 4.97. The van der Waals surface area contributed by atoms with Crippen molar-refractivity contribution < 1.29 is 13.2 Å². The summed E-state index contributed by atoms with van der Waals surface area (Å²) < 4.78 is 24.2. The van der Waals surface area contributed by atoms with Crippen molar-refractivity contribution in [3.05, 3.63) is 48.0 Å². The van der Waals surface area contributed by atoms with Gasteiger partial charge in [-0.25, -0.2) is 8.42 Å². The average Bonchev–Trinajstić information content (AvgIpc) is 2.66. The smallest absolute Gasteiger partial charge is 0.152 e. The van der Waals surface area contributed by atoms with Crippen LogP contribution in [-0.4, -0.2) is 25.2 Å². The van der Waals surface area contributed by atoms with Crippen LogP contribution in [0.5, 0.6) is 0 Å². The highest BCUT2D eigenvalue weighted by molar-refractivity contribution is 7.91. The van der Waals surface area contributed by atoms with E-state index in [1.165, 1.54) is 16.3 Å². The number of carbonyl (C=O) groups is 1. The van der Waals surface area contributed by atoms with Gasteiger partial charge in [0.15, 0.2) is 9.84 Å². The van der Waals surface area contributed by atoms with E-state index in [0.29, 0.717) is 12.2 Å². The van der Waals surface area contributed by atoms with Gasteiger partial charge in [0.05, 0.1) is 11.0 Å². The van der Waals surface area contributed by atoms with E-state index in [4.69, 9.17) is 0 Å². The zero-order chi connectivity index (χ0) is 19.4. The second-order valence-electron chi connectivity index (χ2n) is 8.24. The van der Waals surface area contributed by atoms with E-state index in [1.54, 1.807) is 13.8 Å². The number of fused-ring (bicyclic) bond motifs is 1. The topological polar surface area (TPSA) is 51.2 Å². The fraction of sp³-hybridized carbons (Fsp3) is 0.522. The minimum Gasteiger partial charge on any atom is -0.299 e. The van der Waals surface area contributed by atoms with Gasteiger partial charge in [-0.05, 0) is 68.2 Å². The molecule has 3 nitrogen and oxygen atoms in total. The molecule has 0 unspecified atom stereocenters. The largest absolute Gasteiger partial charge is 0.299 e. The third-order valence-electron chi connectivity index (χ3n) is 5.96. The Balaban J connectivity index is 1.49. The fourth-order valence-electron chi connectivity index (χ4n) is 4.04. The van der Waals surface area contributed by atoms with Crippen LogP contribution in [0.1, 0.15) is 51.5 Å². The molecule has 0 saturated heterocycles. The Morgan fingerprint density at radius 1 is 1.00 bits per heavy atom. The molecule has 1 aliphatic carbocycles. The van der Waals surface area contributed by atoms with Crippen molar-refractivity contribution in [2.24, 2.45) is 11.8 Å². The molecule has 0 amide bonds. The van der Waals surface area contributed by atoms with Gasteiger partial charge in [0, 0.05) is 12.3 Å². The molecule has 146 valence electrons. The number of carbonyl (C=O) groups excluding carboxylic acids is 1. The molecule has 0 aromatic heterocycles. The molecule has 0 bridgehead atoms. The quantitative estimate of drug-likeness (QED) is 0.675. The lowest BCUT2D eigenvalue weighted by atomic mass is 9.79. The van der Waals surface area contributed by atoms with Gasteiger partial charge in [-0.15, -0.1) is 0 Å². The molecule has 0 aliphatic heterocycles. The molecule has 2 aromatic carbocycles. The number of ketones is 1. The van der Waals surface area contributed by atoms with Gasteiger partial charge < -0.3 is 0 Å². The van der Waals surface area contributed by atoms with Gasteiger partial charge in [-0.2, -0.15) is 0 Å². The van der Waals surface area contributed by atoms with E-state index < -0.39 is 9.84 Å². The molecular weight excluding hydrogens is 356 g/mol. The summed E-state index contributed by atoms with van der Waals surface area (Å²) in [5.74, 6) is 0.960. The third-order valence-corrected chi connectivity index (χ3v) is 8.33. The molecule has 0 atom stereocenters. The van der Waals surface area contributed by atoms with E-state index in [0.717, 1.165) is 32.1 Å². The molecule has 3 rings (SSSR count). The Hall–Kier alpha value is -1.68. The molecule has 1 aliphatic rings. The summed E-state index contributed by atoms with van der Waals surface area (Å²) in [7, 11) is -2.98. The highest BCUT2D eigenvalue weighted by Crippen LogP contribution is 2.32. The Kier molecular flexibility index (Phi) is 6.36. The summed E-state index contributed by atoms with van der Waals surface area (Å²) in [6.07, 6.45) is 4.77. The molecule has 27 heavy (non-hydrogen) atoms. The van der Waals surface area contributed by atoms with Crippen molar-refractivity contribution in [3.63, 3.8) is 0 Å². The average molecular weight is 387 g/mol. The molecule has 1 saturated carbocycles. The lowest BCUT2D eigenvalue weighted by Gasteiger charge is -2.28. The molecule has 0 radical (unpaired) electrons. The maximum absolute atomic E-state index is 12.6. The lowest BCUT2D eigenvalue weighted by Crippen LogP contribution is -2.28. The lowest BCUT2D eigenvalue weighted by molar-refractivity contribution is -0.124. The van der Waals surface area contributed by atoms with Crippen molar-refractivity contribution in [2.45, 2.75) is 57.6 Å². The second kappa shape index (κ2) is 8.55. The van der Waals surface area contributed by atoms with Crippen LogP contribution in [0.25, 0.3) is 10.8 Å². The molecule has 1 fully saturated rings. The molecule has 0 spiro atoms. The van der Waals surface area contributed by atoms with Crippen molar-refractivity contribution >= 4 is 26.4 Å². The van der Waals surface area contributed by atoms with E-state index in [2.05, 4.69) is 30.3 Å². The van der Waals surface area contributed by atoms with E-state index >= 15 is 0 Å². The third kappa shape index (κ3) is 5.19. The number of aryl methyl sites for hydroxylation is 1. The number of hydrogen-bond acceptors (Lipinski definition) is 3. The Bertz CT molecular complexity index is 891. The van der Waals surface area contributed by atoms with Crippen LogP contribution < -0.4 is 0 Å². The maximum atomic E-state index is 12.6. The number of sulfone groups is 1. The number of benzene rings is 2. The van der Waals surface area contributed by atoms with Crippen molar-refractivity contribution in [1.29, 1.82) is 0 Å². The van der Waals surface area contributed by atoms with Gasteiger partial charge in [0.2, 0.25) is 0 Å². The Morgan fingerprint density at radius 2 is 1.67 bits per heavy atom. The highest BCUT2D eigenvalue weighted by atomic mass is 32.2. The van der Waals surface area contributed by atoms with Crippen LogP contribution >= 0.6 is 0 Å². The summed E-state index contributed by atoms with van der Waals surface area (Å²) in [6, 6.07) is 14.7. The van der Waals surface area contributed by atoms with Gasteiger partial charge in [0.1, 0.15) is 5.78 Å². The first-order valence-corrected chi connectivity index (χ1v) is 11.8. The zero-order valence-corrected chi connectivity index (χ0v) is 17.2. The molecule has 0 N–H and O–H groups in total. The first-order valence-electron chi connectivity index (χ1n) is 10.1. The number of rotatable bonds is 7. The summed E-state index contributed by atoms with van der Waals surface area (Å²) in [4.78, 5) is 12.6. The minimum absolute atomic E-state index is 0.114. The summed E-state index contributed by atoms with van der Waals surface area (Å²) >= 11 is 0. The first kappa shape index (κ1) is 20.1. The fourth-order valence-corrected chi connectivity index (χ4v) is 5.41. The van der Waals surface area contributed by atoms with Crippen molar-refractivity contribution in [1.82, 2.24) is 0 Å². The number of hydrogen-bond donors (Lipinski definition) is 0. The molecule has 0 heterocycles. The highest BCUT2D eigenvalue weighted by Gasteiger charge is 2.29. The summed E-state index contributed by atoms with van der Waals surface area (Å²) in [6.45, 7) is 3.49. The SMILES string of the molecule is CC(C)S(=O)(=O)CC1CCC(C(=O)CCc2ccc3ccccc3c2)CC1. The van der Waals surface area contributed by atoms with Gasteiger partial charge in [-0.3, -0.25) is 4.79 Å². The van der Waals surface area contributed by atoms with Gasteiger partial charge in [0.25, 0.3) is 0 Å². The maximum Gasteiger partial charge on any atom is 0.152 e. The normalized spacial score (nSPS) is 20.9. The molecule has 4 heteroatoms. The van der Waals surface area contributed by atoms with E-state index in [-0.39, 0.29) is 22.8 Å². The van der Waals surface area contributed by atoms with E-state index in [9.17, 15) is 13.2 Å². The van der Waals surface area contributed by atoms with Crippen LogP contribution in [0.2, 0.25) is 0 Å². The zero-order valence-electron chi connectivity index (χ0n) is 16.4. The molecule has 2 aromatic rings. The van der Waals surface area contributed by atoms with Crippen molar-refractivity contribution in [3.8, 4) is 0 Å². The monoisotopic (exact) mass is 386 g/mol. The van der Waals surface area contributed by atoms with Crippen LogP contribution in [0.3, 0.4) is 0 Å². The van der Waals surface area contributed by atoms with Gasteiger partial charge >= 0.3 is 0 Å². The van der Waals surface area contributed by atoms with Gasteiger partial charge in [-0.1, -0.05) is 42.5 Å². The summed E-state index contributed by atoms with van der Waals surface area (Å²) in [5, 5.41) is 2.13. The van der Waals surface area contributed by atoms with E-state index in [1.807, 2.05) is 12.1 Å². The molecular formula is C23H30O3S. The number of Topliss-reactive ketones (excluding diaryl/α,β-unsaturated/α-hetero) is 1. The second-order valence-corrected chi connectivity index (χ2v) is 10.8. The van der Waals surface area contributed by atoms with Crippen LogP contribution in [0.15, 0.2) is 42.5 Å². The van der Waals surface area contributed by atoms with Crippen LogP contribution in [0, 0.1) is 11.8 Å². The first-order chi connectivity index (χ1) is 12.8. The van der Waals surface area contributed by atoms with Crippen LogP contribution in [0.4, 0.5) is 0 Å². The standard InChI is InChI=1S/C23H30O3S/c1-17(2)27(25,26)16-19-8-12-21(13-9-19)23(24)14-10-18-7-11-20-5-3-4-6-22(20)15-18/h3-7,11,15,17,19,21H,8-10,12-14,16H2,1-2H3. The van der Waals surface area contributed by atoms with Crippen LogP contribution in [-0.2, 0) is 21.1 Å². The van der Waals surface area contributed by atoms with Crippen molar-refractivity contribution in [2.75, 3.05) is 5.75 Å².